The van der Waals surface area contributed by atoms with Gasteiger partial charge in [-0.1, -0.05) is 43.3 Å². The largest absolute Gasteiger partial charge is 0.309 e. The number of para-hydroxylation sites is 2. The lowest BCUT2D eigenvalue weighted by Crippen LogP contribution is -2.47. The van der Waals surface area contributed by atoms with Crippen LogP contribution in [0.25, 0.3) is 0 Å². The number of amides is 1. The van der Waals surface area contributed by atoms with Crippen molar-refractivity contribution in [3.63, 3.8) is 0 Å². The van der Waals surface area contributed by atoms with E-state index in [4.69, 9.17) is 0 Å². The molecule has 6 heteroatoms. The number of carbonyl (C=O) groups is 1. The summed E-state index contributed by atoms with van der Waals surface area (Å²) in [5.74, 6) is 0.0847. The number of rotatable bonds is 5. The maximum absolute atomic E-state index is 12.7. The normalized spacial score (nSPS) is 19.4. The Balaban J connectivity index is 2.13. The van der Waals surface area contributed by atoms with Crippen LogP contribution in [0.15, 0.2) is 54.6 Å². The minimum absolute atomic E-state index is 0.0847. The molecular weight excluding hydrogens is 360 g/mol. The van der Waals surface area contributed by atoms with E-state index >= 15 is 0 Å². The first kappa shape index (κ1) is 19.4. The minimum atomic E-state index is -3.50. The van der Waals surface area contributed by atoms with Crippen molar-refractivity contribution in [1.82, 2.24) is 0 Å². The van der Waals surface area contributed by atoms with E-state index in [2.05, 4.69) is 0 Å². The lowest BCUT2D eigenvalue weighted by molar-refractivity contribution is -0.119. The molecule has 0 aliphatic carbocycles. The first-order valence-electron chi connectivity index (χ1n) is 9.30. The molecule has 27 heavy (non-hydrogen) atoms. The molecule has 0 saturated carbocycles. The van der Waals surface area contributed by atoms with Gasteiger partial charge in [0.05, 0.1) is 18.0 Å². The van der Waals surface area contributed by atoms with Crippen molar-refractivity contribution < 1.29 is 13.2 Å². The fraction of sp³-hybridized carbons (Fsp3) is 0.381. The van der Waals surface area contributed by atoms with E-state index in [1.807, 2.05) is 73.3 Å². The van der Waals surface area contributed by atoms with Crippen LogP contribution in [0.4, 0.5) is 11.4 Å². The highest BCUT2D eigenvalue weighted by molar-refractivity contribution is 7.92. The Morgan fingerprint density at radius 2 is 1.74 bits per heavy atom. The SMILES string of the molecule is CCCC(=O)N1c2ccccc2[C@H](N(c2ccccc2)S(C)(=O)=O)C[C@H]1C. The molecule has 2 aromatic rings. The number of nitrogens with zero attached hydrogens (tertiary/aromatic N) is 2. The second-order valence-corrected chi connectivity index (χ2v) is 8.93. The molecule has 0 aromatic heterocycles. The molecule has 5 nitrogen and oxygen atoms in total. The Morgan fingerprint density at radius 3 is 2.37 bits per heavy atom. The zero-order chi connectivity index (χ0) is 19.6. The van der Waals surface area contributed by atoms with Crippen LogP contribution in [-0.2, 0) is 14.8 Å². The van der Waals surface area contributed by atoms with Crippen molar-refractivity contribution in [2.75, 3.05) is 15.5 Å². The van der Waals surface area contributed by atoms with E-state index < -0.39 is 10.0 Å². The first-order valence-corrected chi connectivity index (χ1v) is 11.1. The molecule has 0 bridgehead atoms. The Labute approximate surface area is 161 Å². The van der Waals surface area contributed by atoms with E-state index in [1.165, 1.54) is 10.6 Å². The van der Waals surface area contributed by atoms with Crippen LogP contribution >= 0.6 is 0 Å². The predicted molar refractivity (Wildman–Crippen MR) is 109 cm³/mol. The number of hydrogen-bond acceptors (Lipinski definition) is 3. The molecule has 144 valence electrons. The molecule has 0 fully saturated rings. The lowest BCUT2D eigenvalue weighted by atomic mass is 9.91. The maximum atomic E-state index is 12.7. The summed E-state index contributed by atoms with van der Waals surface area (Å²) in [5, 5.41) is 0. The van der Waals surface area contributed by atoms with Gasteiger partial charge in [-0.15, -0.1) is 0 Å². The second-order valence-electron chi connectivity index (χ2n) is 7.07. The molecule has 0 N–H and O–H groups in total. The van der Waals surface area contributed by atoms with Gasteiger partial charge in [0.25, 0.3) is 0 Å². The smallest absolute Gasteiger partial charge is 0.232 e. The van der Waals surface area contributed by atoms with Crippen LogP contribution in [0.5, 0.6) is 0 Å². The Hall–Kier alpha value is -2.34. The van der Waals surface area contributed by atoms with E-state index in [0.29, 0.717) is 18.5 Å². The second kappa shape index (κ2) is 7.72. The van der Waals surface area contributed by atoms with Gasteiger partial charge in [-0.2, -0.15) is 0 Å². The molecule has 1 amide bonds. The third-order valence-electron chi connectivity index (χ3n) is 4.94. The lowest BCUT2D eigenvalue weighted by Gasteiger charge is -2.43. The van der Waals surface area contributed by atoms with Crippen molar-refractivity contribution in [3.8, 4) is 0 Å². The number of sulfonamides is 1. The van der Waals surface area contributed by atoms with Gasteiger partial charge in [-0.25, -0.2) is 8.42 Å². The highest BCUT2D eigenvalue weighted by Gasteiger charge is 2.38. The van der Waals surface area contributed by atoms with Crippen LogP contribution in [0.3, 0.4) is 0 Å². The van der Waals surface area contributed by atoms with Crippen LogP contribution < -0.4 is 9.21 Å². The number of carbonyl (C=O) groups excluding carboxylic acids is 1. The average molecular weight is 387 g/mol. The number of hydrogen-bond donors (Lipinski definition) is 0. The summed E-state index contributed by atoms with van der Waals surface area (Å²) in [6.45, 7) is 3.98. The zero-order valence-electron chi connectivity index (χ0n) is 16.0. The number of anilines is 2. The molecule has 0 spiro atoms. The maximum Gasteiger partial charge on any atom is 0.232 e. The van der Waals surface area contributed by atoms with Crippen LogP contribution in [0.1, 0.15) is 44.7 Å². The van der Waals surface area contributed by atoms with Gasteiger partial charge < -0.3 is 4.90 Å². The van der Waals surface area contributed by atoms with Crippen molar-refractivity contribution in [2.24, 2.45) is 0 Å². The van der Waals surface area contributed by atoms with Crippen LogP contribution in [-0.4, -0.2) is 26.6 Å². The fourth-order valence-corrected chi connectivity index (χ4v) is 5.06. The topological polar surface area (TPSA) is 57.7 Å². The fourth-order valence-electron chi connectivity index (χ4n) is 3.90. The summed E-state index contributed by atoms with van der Waals surface area (Å²) >= 11 is 0. The molecule has 1 heterocycles. The van der Waals surface area contributed by atoms with Crippen molar-refractivity contribution in [2.45, 2.75) is 45.2 Å². The molecule has 0 radical (unpaired) electrons. The Kier molecular flexibility index (Phi) is 5.56. The monoisotopic (exact) mass is 386 g/mol. The highest BCUT2D eigenvalue weighted by Crippen LogP contribution is 2.43. The molecule has 2 atom stereocenters. The van der Waals surface area contributed by atoms with Gasteiger partial charge in [0.15, 0.2) is 0 Å². The summed E-state index contributed by atoms with van der Waals surface area (Å²) in [6.07, 6.45) is 3.06. The zero-order valence-corrected chi connectivity index (χ0v) is 16.8. The third-order valence-corrected chi connectivity index (χ3v) is 6.12. The molecular formula is C21H26N2O3S. The summed E-state index contributed by atoms with van der Waals surface area (Å²) in [5.41, 5.74) is 2.32. The third kappa shape index (κ3) is 3.86. The van der Waals surface area contributed by atoms with Gasteiger partial charge in [0, 0.05) is 18.2 Å². The first-order chi connectivity index (χ1) is 12.8. The van der Waals surface area contributed by atoms with E-state index in [-0.39, 0.29) is 18.0 Å². The quantitative estimate of drug-likeness (QED) is 0.777. The standard InChI is InChI=1S/C21H26N2O3S/c1-4-10-21(24)22-16(2)15-20(18-13-8-9-14-19(18)22)23(27(3,25)26)17-11-6-5-7-12-17/h5-9,11-14,16,20H,4,10,15H2,1-3H3/t16-,20-/m1/s1. The highest BCUT2D eigenvalue weighted by atomic mass is 32.2. The molecule has 0 unspecified atom stereocenters. The molecule has 0 saturated heterocycles. The van der Waals surface area contributed by atoms with E-state index in [9.17, 15) is 13.2 Å². The van der Waals surface area contributed by atoms with Gasteiger partial charge in [-0.05, 0) is 43.5 Å². The van der Waals surface area contributed by atoms with Gasteiger partial charge >= 0.3 is 0 Å². The van der Waals surface area contributed by atoms with Crippen molar-refractivity contribution in [3.05, 3.63) is 60.2 Å². The van der Waals surface area contributed by atoms with Crippen molar-refractivity contribution in [1.29, 1.82) is 0 Å². The van der Waals surface area contributed by atoms with Gasteiger partial charge in [0.1, 0.15) is 0 Å². The van der Waals surface area contributed by atoms with Gasteiger partial charge in [-0.3, -0.25) is 9.10 Å². The predicted octanol–water partition coefficient (Wildman–Crippen LogP) is 4.12. The molecule has 2 aromatic carbocycles. The average Bonchev–Trinajstić information content (AvgIpc) is 2.62. The Morgan fingerprint density at radius 1 is 1.11 bits per heavy atom. The molecule has 1 aliphatic heterocycles. The number of benzene rings is 2. The summed E-state index contributed by atoms with van der Waals surface area (Å²) < 4.78 is 26.9. The van der Waals surface area contributed by atoms with Crippen LogP contribution in [0, 0.1) is 0 Å². The minimum Gasteiger partial charge on any atom is -0.309 e. The number of fused-ring (bicyclic) bond motifs is 1. The van der Waals surface area contributed by atoms with E-state index in [0.717, 1.165) is 17.7 Å². The van der Waals surface area contributed by atoms with Gasteiger partial charge in [0.2, 0.25) is 15.9 Å². The molecule has 1 aliphatic rings. The van der Waals surface area contributed by atoms with Crippen molar-refractivity contribution >= 4 is 27.3 Å². The molecule has 3 rings (SSSR count). The summed E-state index contributed by atoms with van der Waals surface area (Å²) in [6, 6.07) is 16.4. The van der Waals surface area contributed by atoms with E-state index in [1.54, 1.807) is 0 Å². The summed E-state index contributed by atoms with van der Waals surface area (Å²) in [7, 11) is -3.50. The summed E-state index contributed by atoms with van der Waals surface area (Å²) in [4.78, 5) is 14.5. The van der Waals surface area contributed by atoms with Crippen LogP contribution in [0.2, 0.25) is 0 Å². The Bertz CT molecular complexity index is 912.